The molecule has 0 nitrogen and oxygen atoms in total. The predicted octanol–water partition coefficient (Wildman–Crippen LogP) is 4.25. The average Bonchev–Trinajstić information content (AvgIpc) is 2.30. The Bertz CT molecular complexity index is 480. The highest BCUT2D eigenvalue weighted by Gasteiger charge is 2.00. The summed E-state index contributed by atoms with van der Waals surface area (Å²) in [4.78, 5) is 0. The maximum atomic E-state index is 4.16. The standard InChI is InChI=1S/C16H16/c1-13-7-6-10-16(11-13)14(2)12-15-8-4-3-5-9-15/h3-11H,2,12H2,1H3. The third-order valence-electron chi connectivity index (χ3n) is 2.69. The second-order valence-electron chi connectivity index (χ2n) is 4.14. The Labute approximate surface area is 97.3 Å². The molecule has 2 rings (SSSR count). The fourth-order valence-electron chi connectivity index (χ4n) is 1.81. The topological polar surface area (TPSA) is 0 Å². The molecule has 0 saturated heterocycles. The molecule has 2 aromatic carbocycles. The minimum atomic E-state index is 0.921. The van der Waals surface area contributed by atoms with E-state index in [9.17, 15) is 0 Å². The zero-order valence-corrected chi connectivity index (χ0v) is 9.61. The molecule has 0 heteroatoms. The number of hydrogen-bond acceptors (Lipinski definition) is 0. The lowest BCUT2D eigenvalue weighted by Crippen LogP contribution is -1.89. The molecule has 0 aliphatic heterocycles. The SMILES string of the molecule is C=C(Cc1ccccc1)c1cccc(C)c1. The minimum absolute atomic E-state index is 0.921. The summed E-state index contributed by atoms with van der Waals surface area (Å²) < 4.78 is 0. The monoisotopic (exact) mass is 208 g/mol. The molecule has 2 aromatic rings. The van der Waals surface area contributed by atoms with Gasteiger partial charge in [-0.05, 0) is 30.0 Å². The minimum Gasteiger partial charge on any atom is -0.0949 e. The van der Waals surface area contributed by atoms with Crippen molar-refractivity contribution in [1.82, 2.24) is 0 Å². The average molecular weight is 208 g/mol. The Morgan fingerprint density at radius 2 is 1.75 bits per heavy atom. The van der Waals surface area contributed by atoms with E-state index in [1.165, 1.54) is 22.3 Å². The van der Waals surface area contributed by atoms with Crippen molar-refractivity contribution in [2.24, 2.45) is 0 Å². The fourth-order valence-corrected chi connectivity index (χ4v) is 1.81. The summed E-state index contributed by atoms with van der Waals surface area (Å²) in [6.45, 7) is 6.27. The highest BCUT2D eigenvalue weighted by Crippen LogP contribution is 2.18. The van der Waals surface area contributed by atoms with Gasteiger partial charge >= 0.3 is 0 Å². The van der Waals surface area contributed by atoms with Crippen LogP contribution in [0.3, 0.4) is 0 Å². The Kier molecular flexibility index (Phi) is 3.21. The third-order valence-corrected chi connectivity index (χ3v) is 2.69. The summed E-state index contributed by atoms with van der Waals surface area (Å²) in [6, 6.07) is 19.0. The molecule has 0 saturated carbocycles. The molecule has 0 aliphatic carbocycles. The molecule has 0 bridgehead atoms. The first-order chi connectivity index (χ1) is 7.75. The number of rotatable bonds is 3. The van der Waals surface area contributed by atoms with E-state index in [4.69, 9.17) is 0 Å². The zero-order valence-electron chi connectivity index (χ0n) is 9.61. The molecule has 0 amide bonds. The lowest BCUT2D eigenvalue weighted by atomic mass is 9.98. The normalized spacial score (nSPS) is 10.1. The molecule has 0 unspecified atom stereocenters. The van der Waals surface area contributed by atoms with Crippen molar-refractivity contribution in [2.75, 3.05) is 0 Å². The molecule has 0 radical (unpaired) electrons. The first kappa shape index (κ1) is 10.7. The van der Waals surface area contributed by atoms with Crippen LogP contribution >= 0.6 is 0 Å². The fraction of sp³-hybridized carbons (Fsp3) is 0.125. The quantitative estimate of drug-likeness (QED) is 0.707. The molecule has 80 valence electrons. The van der Waals surface area contributed by atoms with Crippen molar-refractivity contribution in [3.05, 3.63) is 77.9 Å². The van der Waals surface area contributed by atoms with Gasteiger partial charge in [0.25, 0.3) is 0 Å². The van der Waals surface area contributed by atoms with Crippen LogP contribution in [0.5, 0.6) is 0 Å². The largest absolute Gasteiger partial charge is 0.0949 e. The number of aryl methyl sites for hydroxylation is 1. The van der Waals surface area contributed by atoms with Crippen LogP contribution < -0.4 is 0 Å². The second kappa shape index (κ2) is 4.80. The van der Waals surface area contributed by atoms with E-state index in [2.05, 4.69) is 62.0 Å². The summed E-state index contributed by atoms with van der Waals surface area (Å²) in [5.41, 5.74) is 5.01. The van der Waals surface area contributed by atoms with Gasteiger partial charge in [0.05, 0.1) is 0 Å². The molecule has 0 spiro atoms. The molecule has 16 heavy (non-hydrogen) atoms. The van der Waals surface area contributed by atoms with Crippen LogP contribution in [0.15, 0.2) is 61.2 Å². The van der Waals surface area contributed by atoms with Crippen LogP contribution in [-0.2, 0) is 6.42 Å². The van der Waals surface area contributed by atoms with Crippen LogP contribution in [0.4, 0.5) is 0 Å². The smallest absolute Gasteiger partial charge is 0.00257 e. The van der Waals surface area contributed by atoms with E-state index in [0.29, 0.717) is 0 Å². The molecular formula is C16H16. The van der Waals surface area contributed by atoms with Crippen molar-refractivity contribution in [3.8, 4) is 0 Å². The number of allylic oxidation sites excluding steroid dienone is 1. The van der Waals surface area contributed by atoms with E-state index in [-0.39, 0.29) is 0 Å². The van der Waals surface area contributed by atoms with Crippen molar-refractivity contribution in [1.29, 1.82) is 0 Å². The van der Waals surface area contributed by atoms with Gasteiger partial charge in [-0.15, -0.1) is 0 Å². The number of benzene rings is 2. The first-order valence-corrected chi connectivity index (χ1v) is 5.54. The van der Waals surface area contributed by atoms with Gasteiger partial charge in [0.15, 0.2) is 0 Å². The summed E-state index contributed by atoms with van der Waals surface area (Å²) in [6.07, 6.45) is 0.921. The Balaban J connectivity index is 2.15. The van der Waals surface area contributed by atoms with Gasteiger partial charge < -0.3 is 0 Å². The van der Waals surface area contributed by atoms with Gasteiger partial charge in [-0.1, -0.05) is 66.7 Å². The van der Waals surface area contributed by atoms with E-state index >= 15 is 0 Å². The molecule has 0 N–H and O–H groups in total. The van der Waals surface area contributed by atoms with E-state index < -0.39 is 0 Å². The lowest BCUT2D eigenvalue weighted by molar-refractivity contribution is 1.28. The van der Waals surface area contributed by atoms with Gasteiger partial charge in [0.2, 0.25) is 0 Å². The molecule has 0 atom stereocenters. The lowest BCUT2D eigenvalue weighted by Gasteiger charge is -2.06. The molecule has 0 aliphatic rings. The Morgan fingerprint density at radius 1 is 1.00 bits per heavy atom. The first-order valence-electron chi connectivity index (χ1n) is 5.54. The maximum Gasteiger partial charge on any atom is -0.00257 e. The Hall–Kier alpha value is -1.82. The molecule has 0 fully saturated rings. The summed E-state index contributed by atoms with van der Waals surface area (Å²) in [5, 5.41) is 0. The van der Waals surface area contributed by atoms with Gasteiger partial charge in [-0.3, -0.25) is 0 Å². The summed E-state index contributed by atoms with van der Waals surface area (Å²) in [7, 11) is 0. The van der Waals surface area contributed by atoms with Crippen molar-refractivity contribution < 1.29 is 0 Å². The second-order valence-corrected chi connectivity index (χ2v) is 4.14. The predicted molar refractivity (Wildman–Crippen MR) is 70.4 cm³/mol. The van der Waals surface area contributed by atoms with E-state index in [0.717, 1.165) is 6.42 Å². The number of hydrogen-bond donors (Lipinski definition) is 0. The van der Waals surface area contributed by atoms with Crippen molar-refractivity contribution >= 4 is 5.57 Å². The van der Waals surface area contributed by atoms with E-state index in [1.54, 1.807) is 0 Å². The van der Waals surface area contributed by atoms with Gasteiger partial charge in [0, 0.05) is 0 Å². The van der Waals surface area contributed by atoms with Crippen LogP contribution in [0, 0.1) is 6.92 Å². The van der Waals surface area contributed by atoms with Crippen LogP contribution in [0.25, 0.3) is 5.57 Å². The summed E-state index contributed by atoms with van der Waals surface area (Å²) in [5.74, 6) is 0. The van der Waals surface area contributed by atoms with Crippen molar-refractivity contribution in [3.63, 3.8) is 0 Å². The van der Waals surface area contributed by atoms with Gasteiger partial charge in [0.1, 0.15) is 0 Å². The Morgan fingerprint density at radius 3 is 2.44 bits per heavy atom. The van der Waals surface area contributed by atoms with Gasteiger partial charge in [-0.2, -0.15) is 0 Å². The highest BCUT2D eigenvalue weighted by atomic mass is 14.0. The zero-order chi connectivity index (χ0) is 11.4. The van der Waals surface area contributed by atoms with Crippen LogP contribution in [-0.4, -0.2) is 0 Å². The summed E-state index contributed by atoms with van der Waals surface area (Å²) >= 11 is 0. The third kappa shape index (κ3) is 2.60. The van der Waals surface area contributed by atoms with Crippen molar-refractivity contribution in [2.45, 2.75) is 13.3 Å². The molecule has 0 heterocycles. The molecule has 0 aromatic heterocycles. The van der Waals surface area contributed by atoms with Crippen LogP contribution in [0.1, 0.15) is 16.7 Å². The van der Waals surface area contributed by atoms with Crippen LogP contribution in [0.2, 0.25) is 0 Å². The molecular weight excluding hydrogens is 192 g/mol. The highest BCUT2D eigenvalue weighted by molar-refractivity contribution is 5.66. The van der Waals surface area contributed by atoms with E-state index in [1.807, 2.05) is 6.07 Å². The van der Waals surface area contributed by atoms with Gasteiger partial charge in [-0.25, -0.2) is 0 Å². The maximum absolute atomic E-state index is 4.16.